The van der Waals surface area contributed by atoms with Crippen molar-refractivity contribution in [2.75, 3.05) is 0 Å². The van der Waals surface area contributed by atoms with Gasteiger partial charge in [-0.2, -0.15) is 4.31 Å². The Balaban J connectivity index is 1.69. The number of benzene rings is 2. The normalized spacial score (nSPS) is 11.8. The van der Waals surface area contributed by atoms with Gasteiger partial charge in [-0.15, -0.1) is 0 Å². The molecule has 0 radical (unpaired) electrons. The number of pyridine rings is 1. The summed E-state index contributed by atoms with van der Waals surface area (Å²) in [5.41, 5.74) is 1.97. The summed E-state index contributed by atoms with van der Waals surface area (Å²) in [6.07, 6.45) is 2.69. The highest BCUT2D eigenvalue weighted by Gasteiger charge is 2.26. The molecule has 0 aliphatic rings. The van der Waals surface area contributed by atoms with Gasteiger partial charge in [0.1, 0.15) is 16.2 Å². The summed E-state index contributed by atoms with van der Waals surface area (Å²) < 4.78 is 33.9. The Hall–Kier alpha value is -3.49. The van der Waals surface area contributed by atoms with Crippen LogP contribution in [0.2, 0.25) is 0 Å². The van der Waals surface area contributed by atoms with Crippen LogP contribution in [0.25, 0.3) is 11.0 Å². The molecular weight excluding hydrogens is 416 g/mol. The van der Waals surface area contributed by atoms with Gasteiger partial charge >= 0.3 is 5.97 Å². The number of sulfonamides is 1. The van der Waals surface area contributed by atoms with Gasteiger partial charge < -0.3 is 9.52 Å². The van der Waals surface area contributed by atoms with Crippen LogP contribution in [0.5, 0.6) is 0 Å². The number of nitrogens with zero attached hydrogens (tertiary/aromatic N) is 2. The number of hydrogen-bond donors (Lipinski definition) is 1. The third-order valence-electron chi connectivity index (χ3n) is 4.79. The van der Waals surface area contributed by atoms with Crippen LogP contribution in [-0.4, -0.2) is 28.8 Å². The lowest BCUT2D eigenvalue weighted by molar-refractivity contribution is -0.136. The van der Waals surface area contributed by atoms with Crippen LogP contribution in [0.1, 0.15) is 16.9 Å². The SMILES string of the molecule is O=C(O)Cc1cccc(CN(Cc2cc3ccccc3o2)S(=O)(=O)c2cccnc2)c1. The molecule has 0 bridgehead atoms. The number of aliphatic carboxylic acids is 1. The molecule has 4 aromatic rings. The largest absolute Gasteiger partial charge is 0.481 e. The first-order chi connectivity index (χ1) is 14.9. The van der Waals surface area contributed by atoms with Gasteiger partial charge in [0, 0.05) is 24.3 Å². The first-order valence-electron chi connectivity index (χ1n) is 9.59. The highest BCUT2D eigenvalue weighted by molar-refractivity contribution is 7.89. The summed E-state index contributed by atoms with van der Waals surface area (Å²) in [6, 6.07) is 19.3. The van der Waals surface area contributed by atoms with Gasteiger partial charge in [0.2, 0.25) is 10.0 Å². The first kappa shape index (κ1) is 20.8. The van der Waals surface area contributed by atoms with Gasteiger partial charge in [-0.05, 0) is 35.4 Å². The van der Waals surface area contributed by atoms with E-state index in [1.807, 2.05) is 30.3 Å². The minimum atomic E-state index is -3.88. The number of aromatic nitrogens is 1. The molecule has 2 aromatic carbocycles. The van der Waals surface area contributed by atoms with Crippen molar-refractivity contribution < 1.29 is 22.7 Å². The fourth-order valence-corrected chi connectivity index (χ4v) is 4.74. The highest BCUT2D eigenvalue weighted by atomic mass is 32.2. The number of carbonyl (C=O) groups is 1. The number of carboxylic acid groups (broad SMARTS) is 1. The van der Waals surface area contributed by atoms with E-state index in [1.54, 1.807) is 30.3 Å². The molecule has 0 atom stereocenters. The second kappa shape index (κ2) is 8.71. The van der Waals surface area contributed by atoms with Crippen molar-refractivity contribution in [3.63, 3.8) is 0 Å². The quantitative estimate of drug-likeness (QED) is 0.450. The number of furan rings is 1. The third kappa shape index (κ3) is 4.82. The van der Waals surface area contributed by atoms with Crippen LogP contribution in [0.3, 0.4) is 0 Å². The number of hydrogen-bond acceptors (Lipinski definition) is 5. The molecule has 2 heterocycles. The van der Waals surface area contributed by atoms with Crippen LogP contribution in [0.4, 0.5) is 0 Å². The lowest BCUT2D eigenvalue weighted by atomic mass is 10.1. The van der Waals surface area contributed by atoms with Crippen LogP contribution in [0, 0.1) is 0 Å². The monoisotopic (exact) mass is 436 g/mol. The van der Waals surface area contributed by atoms with E-state index in [0.29, 0.717) is 22.5 Å². The van der Waals surface area contributed by atoms with Crippen molar-refractivity contribution in [1.29, 1.82) is 0 Å². The number of rotatable bonds is 8. The Labute approximate surface area is 179 Å². The molecule has 158 valence electrons. The zero-order valence-corrected chi connectivity index (χ0v) is 17.3. The molecule has 8 heteroatoms. The van der Waals surface area contributed by atoms with Crippen LogP contribution in [-0.2, 0) is 34.3 Å². The van der Waals surface area contributed by atoms with Gasteiger partial charge in [0.05, 0.1) is 13.0 Å². The molecule has 0 fully saturated rings. The number of para-hydroxylation sites is 1. The molecule has 0 spiro atoms. The van der Waals surface area contributed by atoms with Crippen LogP contribution < -0.4 is 0 Å². The smallest absolute Gasteiger partial charge is 0.307 e. The van der Waals surface area contributed by atoms with Crippen molar-refractivity contribution in [1.82, 2.24) is 9.29 Å². The van der Waals surface area contributed by atoms with Gasteiger partial charge in [-0.1, -0.05) is 42.5 Å². The summed E-state index contributed by atoms with van der Waals surface area (Å²) in [4.78, 5) is 15.1. The predicted octanol–water partition coefficient (Wildman–Crippen LogP) is 3.85. The fraction of sp³-hybridized carbons (Fsp3) is 0.130. The van der Waals surface area contributed by atoms with Crippen molar-refractivity contribution in [2.24, 2.45) is 0 Å². The first-order valence-corrected chi connectivity index (χ1v) is 11.0. The Kier molecular flexibility index (Phi) is 5.83. The second-order valence-electron chi connectivity index (χ2n) is 7.10. The van der Waals surface area contributed by atoms with Crippen LogP contribution >= 0.6 is 0 Å². The summed E-state index contributed by atoms with van der Waals surface area (Å²) >= 11 is 0. The molecule has 0 aliphatic carbocycles. The highest BCUT2D eigenvalue weighted by Crippen LogP contribution is 2.25. The standard InChI is InChI=1S/C23H20N2O5S/c26-23(27)12-17-5-3-6-18(11-17)15-25(31(28,29)21-8-4-10-24-14-21)16-20-13-19-7-1-2-9-22(19)30-20/h1-11,13-14H,12,15-16H2,(H,26,27). The summed E-state index contributed by atoms with van der Waals surface area (Å²) in [5.74, 6) is -0.436. The van der Waals surface area contributed by atoms with E-state index in [1.165, 1.54) is 22.8 Å². The number of fused-ring (bicyclic) bond motifs is 1. The van der Waals surface area contributed by atoms with E-state index in [0.717, 1.165) is 5.39 Å². The lowest BCUT2D eigenvalue weighted by Gasteiger charge is -2.21. The van der Waals surface area contributed by atoms with Gasteiger partial charge in [0.25, 0.3) is 0 Å². The van der Waals surface area contributed by atoms with Crippen molar-refractivity contribution >= 4 is 27.0 Å². The summed E-state index contributed by atoms with van der Waals surface area (Å²) in [6.45, 7) is 0.0802. The molecule has 0 unspecified atom stereocenters. The molecule has 0 saturated heterocycles. The molecule has 7 nitrogen and oxygen atoms in total. The second-order valence-corrected chi connectivity index (χ2v) is 9.04. The van der Waals surface area contributed by atoms with E-state index >= 15 is 0 Å². The molecule has 0 saturated carbocycles. The van der Waals surface area contributed by atoms with E-state index in [4.69, 9.17) is 9.52 Å². The van der Waals surface area contributed by atoms with Gasteiger partial charge in [0.15, 0.2) is 0 Å². The molecule has 1 N–H and O–H groups in total. The topological polar surface area (TPSA) is 101 Å². The maximum Gasteiger partial charge on any atom is 0.307 e. The van der Waals surface area contributed by atoms with Gasteiger partial charge in [-0.25, -0.2) is 8.42 Å². The third-order valence-corrected chi connectivity index (χ3v) is 6.56. The molecular formula is C23H20N2O5S. The van der Waals surface area contributed by atoms with E-state index < -0.39 is 16.0 Å². The average molecular weight is 436 g/mol. The Bertz CT molecular complexity index is 1280. The van der Waals surface area contributed by atoms with Crippen LogP contribution in [0.15, 0.2) is 88.4 Å². The zero-order chi connectivity index (χ0) is 21.8. The summed E-state index contributed by atoms with van der Waals surface area (Å²) in [5, 5.41) is 9.94. The maximum atomic E-state index is 13.4. The Morgan fingerprint density at radius 1 is 0.968 bits per heavy atom. The molecule has 31 heavy (non-hydrogen) atoms. The predicted molar refractivity (Wildman–Crippen MR) is 115 cm³/mol. The number of carboxylic acids is 1. The van der Waals surface area contributed by atoms with Crippen molar-refractivity contribution in [3.05, 3.63) is 96.0 Å². The maximum absolute atomic E-state index is 13.4. The molecule has 4 rings (SSSR count). The molecule has 0 aliphatic heterocycles. The van der Waals surface area contributed by atoms with Crippen molar-refractivity contribution in [2.45, 2.75) is 24.4 Å². The molecule has 0 amide bonds. The summed E-state index contributed by atoms with van der Waals surface area (Å²) in [7, 11) is -3.88. The van der Waals surface area contributed by atoms with E-state index in [-0.39, 0.29) is 24.4 Å². The minimum absolute atomic E-state index is 0.0229. The molecule has 2 aromatic heterocycles. The zero-order valence-electron chi connectivity index (χ0n) is 16.5. The van der Waals surface area contributed by atoms with Gasteiger partial charge in [-0.3, -0.25) is 9.78 Å². The lowest BCUT2D eigenvalue weighted by Crippen LogP contribution is -2.30. The van der Waals surface area contributed by atoms with E-state index in [2.05, 4.69) is 4.98 Å². The Morgan fingerprint density at radius 3 is 2.52 bits per heavy atom. The van der Waals surface area contributed by atoms with Crippen molar-refractivity contribution in [3.8, 4) is 0 Å². The average Bonchev–Trinajstić information content (AvgIpc) is 3.16. The Morgan fingerprint density at radius 2 is 1.77 bits per heavy atom. The fourth-order valence-electron chi connectivity index (χ4n) is 3.38. The minimum Gasteiger partial charge on any atom is -0.481 e. The van der Waals surface area contributed by atoms with E-state index in [9.17, 15) is 13.2 Å².